The minimum absolute atomic E-state index is 0.00676. The zero-order valence-corrected chi connectivity index (χ0v) is 71.1. The van der Waals surface area contributed by atoms with Crippen molar-refractivity contribution >= 4 is 66.6 Å². The Morgan fingerprint density at radius 1 is 0.426 bits per heavy atom. The van der Waals surface area contributed by atoms with E-state index in [9.17, 15) is 31.2 Å². The highest BCUT2D eigenvalue weighted by atomic mass is 32.2. The first-order valence-electron chi connectivity index (χ1n) is 40.1. The third kappa shape index (κ3) is 21.3. The zero-order chi connectivity index (χ0) is 81.9. The molecule has 6 aliphatic heterocycles. The van der Waals surface area contributed by atoms with Crippen LogP contribution in [-0.2, 0) is 46.7 Å². The van der Waals surface area contributed by atoms with E-state index in [1.54, 1.807) is 54.0 Å². The van der Waals surface area contributed by atoms with Crippen molar-refractivity contribution in [1.29, 1.82) is 0 Å². The van der Waals surface area contributed by atoms with E-state index in [1.807, 2.05) is 94.7 Å². The van der Waals surface area contributed by atoms with Crippen LogP contribution in [0.1, 0.15) is 147 Å². The Labute approximate surface area is 684 Å². The van der Waals surface area contributed by atoms with Gasteiger partial charge in [0.25, 0.3) is 27.9 Å². The number of hydrogen-bond donors (Lipinski definition) is 4. The summed E-state index contributed by atoms with van der Waals surface area (Å²) in [5.74, 6) is 3.79. The number of hydrogen-bond acceptors (Lipinski definition) is 21. The van der Waals surface area contributed by atoms with Gasteiger partial charge in [-0.15, -0.1) is 11.3 Å². The number of nitrogens with one attached hydrogen (secondary N) is 3. The second-order valence-corrected chi connectivity index (χ2v) is 33.8. The third-order valence-corrected chi connectivity index (χ3v) is 25.9. The molecule has 13 rings (SSSR count). The van der Waals surface area contributed by atoms with E-state index in [1.165, 1.54) is 24.7 Å². The molecule has 27 nitrogen and oxygen atoms in total. The van der Waals surface area contributed by atoms with Gasteiger partial charge in [-0.2, -0.15) is 25.9 Å². The van der Waals surface area contributed by atoms with Gasteiger partial charge in [0.15, 0.2) is 34.5 Å². The summed E-state index contributed by atoms with van der Waals surface area (Å²) in [5, 5.41) is 5.68. The average molecular weight is 1640 g/mol. The summed E-state index contributed by atoms with van der Waals surface area (Å²) in [6.45, 7) is 25.2. The monoisotopic (exact) mass is 1640 g/mol. The van der Waals surface area contributed by atoms with Crippen LogP contribution in [0.15, 0.2) is 127 Å². The Balaban J connectivity index is 0.000000170. The Morgan fingerprint density at radius 2 is 0.757 bits per heavy atom. The summed E-state index contributed by atoms with van der Waals surface area (Å²) in [6.07, 6.45) is 3.86. The van der Waals surface area contributed by atoms with Crippen LogP contribution >= 0.6 is 11.3 Å². The van der Waals surface area contributed by atoms with Crippen LogP contribution in [0.2, 0.25) is 0 Å². The number of methoxy groups -OCH3 is 6. The fraction of sp³-hybridized carbons (Fsp3) is 0.494. The summed E-state index contributed by atoms with van der Waals surface area (Å²) < 4.78 is 94.6. The molecular weight excluding hydrogens is 1520 g/mol. The smallest absolute Gasteiger partial charge is 0.333 e. The van der Waals surface area contributed by atoms with Gasteiger partial charge in [-0.05, 0) is 166 Å². The minimum atomic E-state index is -4.28. The molecule has 0 bridgehead atoms. The van der Waals surface area contributed by atoms with Crippen LogP contribution in [0.5, 0.6) is 34.5 Å². The molecule has 115 heavy (non-hydrogen) atoms. The Morgan fingerprint density at radius 3 is 1.05 bits per heavy atom. The summed E-state index contributed by atoms with van der Waals surface area (Å²) in [4.78, 5) is 63.2. The number of fused-ring (bicyclic) bond motifs is 3. The fourth-order valence-corrected chi connectivity index (χ4v) is 18.2. The quantitative estimate of drug-likeness (QED) is 0.0212. The lowest BCUT2D eigenvalue weighted by molar-refractivity contribution is 0.0682. The van der Waals surface area contributed by atoms with Crippen molar-refractivity contribution in [2.24, 2.45) is 0 Å². The molecular formula is C85H117N13O14S3. The molecule has 0 unspecified atom stereocenters. The van der Waals surface area contributed by atoms with E-state index in [-0.39, 0.29) is 48.9 Å². The molecule has 4 N–H and O–H groups in total. The van der Waals surface area contributed by atoms with Crippen molar-refractivity contribution in [3.8, 4) is 34.5 Å². The average Bonchev–Trinajstić information content (AvgIpc) is 1.63. The minimum Gasteiger partial charge on any atom is -0.493 e. The highest BCUT2D eigenvalue weighted by molar-refractivity contribution is 7.87. The summed E-state index contributed by atoms with van der Waals surface area (Å²) in [7, 11) is 4.81. The van der Waals surface area contributed by atoms with Crippen molar-refractivity contribution in [2.75, 3.05) is 189 Å². The molecule has 0 radical (unpaired) electrons. The number of nitrogens with zero attached hydrogens (tertiary/aromatic N) is 10. The maximum absolute atomic E-state index is 13.9. The Kier molecular flexibility index (Phi) is 30.9. The lowest BCUT2D eigenvalue weighted by atomic mass is 9.99. The maximum atomic E-state index is 13.9. The van der Waals surface area contributed by atoms with Crippen molar-refractivity contribution < 1.29 is 64.2 Å². The number of amides is 3. The van der Waals surface area contributed by atoms with Gasteiger partial charge in [0.05, 0.1) is 60.8 Å². The molecule has 624 valence electrons. The number of carbonyl (C=O) groups is 3. The number of ether oxygens (including phenoxy) is 6. The molecule has 6 aromatic carbocycles. The van der Waals surface area contributed by atoms with Gasteiger partial charge in [0.1, 0.15) is 0 Å². The molecule has 6 aliphatic rings. The number of likely N-dealkylation sites (N-methyl/N-ethyl adjacent to an activating group) is 3. The largest absolute Gasteiger partial charge is 0.493 e. The summed E-state index contributed by atoms with van der Waals surface area (Å²) in [6, 6.07) is 39.1. The normalized spacial score (nSPS) is 16.9. The number of thiophene rings is 1. The van der Waals surface area contributed by atoms with Crippen LogP contribution in [0.25, 0.3) is 0 Å². The number of benzene rings is 6. The molecule has 7 aromatic rings. The molecule has 3 saturated heterocycles. The fourth-order valence-electron chi connectivity index (χ4n) is 16.4. The molecule has 30 heteroatoms. The number of rotatable bonds is 35. The second kappa shape index (κ2) is 40.9. The highest BCUT2D eigenvalue weighted by Gasteiger charge is 2.40. The van der Waals surface area contributed by atoms with E-state index >= 15 is 0 Å². The van der Waals surface area contributed by atoms with Crippen molar-refractivity contribution in [3.63, 3.8) is 0 Å². The van der Waals surface area contributed by atoms with Crippen LogP contribution in [-0.4, -0.2) is 247 Å². The molecule has 0 saturated carbocycles. The summed E-state index contributed by atoms with van der Waals surface area (Å²) in [5.41, 5.74) is 11.8. The third-order valence-electron chi connectivity index (χ3n) is 23.0. The van der Waals surface area contributed by atoms with Gasteiger partial charge in [0.2, 0.25) is 0 Å². The number of anilines is 3. The van der Waals surface area contributed by atoms with Crippen LogP contribution in [0, 0.1) is 0 Å². The zero-order valence-electron chi connectivity index (χ0n) is 68.6. The number of piperazine rings is 3. The van der Waals surface area contributed by atoms with E-state index in [2.05, 4.69) is 112 Å². The first-order valence-corrected chi connectivity index (χ1v) is 43.8. The van der Waals surface area contributed by atoms with Crippen molar-refractivity contribution in [2.45, 2.75) is 104 Å². The van der Waals surface area contributed by atoms with E-state index in [4.69, 9.17) is 33.0 Å². The molecule has 0 spiro atoms. The van der Waals surface area contributed by atoms with Gasteiger partial charge in [-0.1, -0.05) is 63.2 Å². The number of carbonyl (C=O) groups excluding carboxylic acids is 3. The van der Waals surface area contributed by atoms with Gasteiger partial charge >= 0.3 is 10.3 Å². The molecule has 3 amide bonds. The van der Waals surface area contributed by atoms with E-state index < -0.39 is 20.5 Å². The lowest BCUT2D eigenvalue weighted by Gasteiger charge is -2.36. The molecule has 3 atom stereocenters. The molecule has 0 aliphatic carbocycles. The highest BCUT2D eigenvalue weighted by Crippen LogP contribution is 2.45. The Bertz CT molecular complexity index is 4630. The maximum Gasteiger partial charge on any atom is 0.333 e. The topological polar surface area (TPSA) is 264 Å². The SMILES string of the molecule is CCN1CCN(c2cccc3c2CN([C@H](CCCNCc2cccs2)c2ccc(OC)c(OC)c2)C3=O)CC1.CCN1CCN(c2cccc3c2CN([C@H](CCCNS(=O)(=O)N(C)C)c2ccc(OC)c(OC)c2)C3=O)CC1.CCN1CCN(c2cccc3c2CN([C@H](CCCNS(=O)(=O)O)c2ccc(OC)c(OC)c2)C3=O)CC1. The molecule has 1 aromatic heterocycles. The van der Waals surface area contributed by atoms with Gasteiger partial charge in [0, 0.05) is 187 Å². The molecule has 3 fully saturated rings. The van der Waals surface area contributed by atoms with E-state index in [0.717, 1.165) is 184 Å². The van der Waals surface area contributed by atoms with Crippen molar-refractivity contribution in [1.82, 2.24) is 48.5 Å². The van der Waals surface area contributed by atoms with Crippen molar-refractivity contribution in [3.05, 3.63) is 182 Å². The van der Waals surface area contributed by atoms with Gasteiger partial charge in [-0.25, -0.2) is 4.72 Å². The lowest BCUT2D eigenvalue weighted by Crippen LogP contribution is -2.46. The summed E-state index contributed by atoms with van der Waals surface area (Å²) >= 11 is 1.77. The van der Waals surface area contributed by atoms with Gasteiger partial charge in [-0.3, -0.25) is 18.9 Å². The van der Waals surface area contributed by atoms with Crippen LogP contribution < -0.4 is 57.9 Å². The predicted molar refractivity (Wildman–Crippen MR) is 453 cm³/mol. The first kappa shape index (κ1) is 87.1. The Hall–Kier alpha value is -8.79. The predicted octanol–water partition coefficient (Wildman–Crippen LogP) is 10.6. The van der Waals surface area contributed by atoms with Gasteiger partial charge < -0.3 is 77.8 Å². The molecule has 7 heterocycles. The van der Waals surface area contributed by atoms with Crippen LogP contribution in [0.4, 0.5) is 17.1 Å². The van der Waals surface area contributed by atoms with E-state index in [0.29, 0.717) is 85.4 Å². The standard InChI is InChI=1S/C31H40N4O3S.C28H41N5O5S.C26H36N4O6S/c1-4-33-15-17-34(18-16-33)28-10-5-9-25-26(28)22-35(31(25)36)27(11-6-14-32-21-24-8-7-19-39-24)23-12-13-29(37-2)30(20-23)38-3;1-6-31-15-17-32(18-16-31)25-10-7-9-22-23(25)20-33(28(22)34)24(11-8-14-29-39(35,36)30(2)3)21-12-13-26(37-4)27(19-21)38-5;1-4-28-13-15-29(16-14-28)23-8-5-7-20-21(23)18-30(26(20)31)22(9-6-12-27-37(32,33)34)19-10-11-24(35-2)25(17-19)36-3/h5,7-10,12-13,19-20,27,32H,4,6,11,14-18,21-22H2,1-3H3;7,9-10,12-13,19,24,29H,6,8,11,14-18,20H2,1-5H3;5,7-8,10-11,17,22,27H,4,6,9,12-16,18H2,1-3H3,(H,32,33,34)/t27-;24-;22-/m111/s1. The second-order valence-electron chi connectivity index (χ2n) is 29.6. The van der Waals surface area contributed by atoms with Crippen LogP contribution in [0.3, 0.4) is 0 Å². The first-order chi connectivity index (χ1) is 55.6.